The van der Waals surface area contributed by atoms with Crippen LogP contribution in [0.15, 0.2) is 30.6 Å². The summed E-state index contributed by atoms with van der Waals surface area (Å²) in [6, 6.07) is 7.39. The van der Waals surface area contributed by atoms with Crippen molar-refractivity contribution >= 4 is 23.0 Å². The Kier molecular flexibility index (Phi) is 4.26. The minimum atomic E-state index is -0.00733. The molecule has 1 amide bonds. The maximum Gasteiger partial charge on any atom is 0.253 e. The van der Waals surface area contributed by atoms with E-state index < -0.39 is 0 Å². The molecule has 0 aliphatic carbocycles. The summed E-state index contributed by atoms with van der Waals surface area (Å²) in [4.78, 5) is 30.4. The first-order valence-corrected chi connectivity index (χ1v) is 8.60. The zero-order valence-corrected chi connectivity index (χ0v) is 14.5. The Morgan fingerprint density at radius 2 is 2.27 bits per heavy atom. The van der Waals surface area contributed by atoms with Crippen LogP contribution in [0.25, 0.3) is 22.4 Å². The van der Waals surface area contributed by atoms with E-state index in [1.54, 1.807) is 6.33 Å². The van der Waals surface area contributed by atoms with Gasteiger partial charge in [0.15, 0.2) is 5.65 Å². The van der Waals surface area contributed by atoms with Gasteiger partial charge in [0.1, 0.15) is 11.2 Å². The summed E-state index contributed by atoms with van der Waals surface area (Å²) in [5.41, 5.74) is 9.04. The zero-order valence-electron chi connectivity index (χ0n) is 14.5. The highest BCUT2D eigenvalue weighted by Crippen LogP contribution is 2.26. The van der Waals surface area contributed by atoms with Gasteiger partial charge in [-0.25, -0.2) is 9.97 Å². The number of aromatic amines is 1. The number of ether oxygens (including phenoxy) is 1. The number of hydrogen-bond donors (Lipinski definition) is 2. The molecule has 4 rings (SSSR count). The smallest absolute Gasteiger partial charge is 0.253 e. The molecule has 134 valence electrons. The number of rotatable bonds is 2. The van der Waals surface area contributed by atoms with Crippen molar-refractivity contribution in [1.82, 2.24) is 24.8 Å². The largest absolute Gasteiger partial charge is 0.377 e. The van der Waals surface area contributed by atoms with Crippen molar-refractivity contribution < 1.29 is 9.53 Å². The maximum absolute atomic E-state index is 13.0. The highest BCUT2D eigenvalue weighted by atomic mass is 16.5. The molecule has 0 unspecified atom stereocenters. The van der Waals surface area contributed by atoms with Crippen molar-refractivity contribution in [2.24, 2.45) is 0 Å². The number of fused-ring (bicyclic) bond motifs is 1. The van der Waals surface area contributed by atoms with E-state index in [9.17, 15) is 4.79 Å². The van der Waals surface area contributed by atoms with Crippen LogP contribution in [0.2, 0.25) is 0 Å². The lowest BCUT2D eigenvalue weighted by Crippen LogP contribution is -2.35. The Morgan fingerprint density at radius 3 is 3.15 bits per heavy atom. The fourth-order valence-electron chi connectivity index (χ4n) is 3.22. The van der Waals surface area contributed by atoms with Gasteiger partial charge in [0.05, 0.1) is 12.4 Å². The highest BCUT2D eigenvalue weighted by Gasteiger charge is 2.22. The Labute approximate surface area is 150 Å². The molecular formula is C18H20N6O2. The van der Waals surface area contributed by atoms with Crippen LogP contribution in [-0.4, -0.2) is 56.5 Å². The molecule has 3 N–H and O–H groups in total. The zero-order chi connectivity index (χ0) is 18.1. The first-order chi connectivity index (χ1) is 12.6. The summed E-state index contributed by atoms with van der Waals surface area (Å²) in [7, 11) is 0. The minimum Gasteiger partial charge on any atom is -0.377 e. The van der Waals surface area contributed by atoms with Crippen LogP contribution in [0.4, 0.5) is 5.95 Å². The van der Waals surface area contributed by atoms with Crippen LogP contribution in [0.5, 0.6) is 0 Å². The molecule has 0 spiro atoms. The van der Waals surface area contributed by atoms with Crippen LogP contribution in [-0.2, 0) is 4.74 Å². The number of H-pyrrole nitrogens is 1. The molecule has 1 atom stereocenters. The quantitative estimate of drug-likeness (QED) is 0.728. The van der Waals surface area contributed by atoms with E-state index in [-0.39, 0.29) is 18.0 Å². The van der Waals surface area contributed by atoms with E-state index in [1.165, 1.54) is 0 Å². The molecule has 2 aromatic heterocycles. The molecule has 0 bridgehead atoms. The second-order valence-electron chi connectivity index (χ2n) is 6.40. The molecule has 1 saturated heterocycles. The lowest BCUT2D eigenvalue weighted by Gasteiger charge is -2.22. The topological polar surface area (TPSA) is 110 Å². The number of anilines is 1. The van der Waals surface area contributed by atoms with Gasteiger partial charge in [0, 0.05) is 30.8 Å². The summed E-state index contributed by atoms with van der Waals surface area (Å²) < 4.78 is 5.63. The number of hydrogen-bond acceptors (Lipinski definition) is 6. The van der Waals surface area contributed by atoms with Crippen LogP contribution in [0.3, 0.4) is 0 Å². The molecule has 3 aromatic rings. The Hall–Kier alpha value is -3.00. The van der Waals surface area contributed by atoms with Crippen molar-refractivity contribution in [3.05, 3.63) is 36.2 Å². The van der Waals surface area contributed by atoms with Gasteiger partial charge in [0.2, 0.25) is 5.95 Å². The standard InChI is InChI=1S/C18H20N6O2/c1-11-9-24(6-3-7-26-11)17(25)13-5-2-4-12(8-13)14-15-16(21-10-20-15)23-18(19)22-14/h2,4-5,8,10-11H,3,6-7,9H2,1H3,(H3,19,20,21,22,23)/t11-/m0/s1. The summed E-state index contributed by atoms with van der Waals surface area (Å²) in [6.07, 6.45) is 2.43. The predicted molar refractivity (Wildman–Crippen MR) is 97.5 cm³/mol. The van der Waals surface area contributed by atoms with Gasteiger partial charge in [-0.1, -0.05) is 12.1 Å². The van der Waals surface area contributed by atoms with Crippen LogP contribution in [0.1, 0.15) is 23.7 Å². The number of nitrogens with zero attached hydrogens (tertiary/aromatic N) is 4. The Balaban J connectivity index is 1.70. The molecule has 0 saturated carbocycles. The van der Waals surface area contributed by atoms with Gasteiger partial charge in [-0.15, -0.1) is 0 Å². The first kappa shape index (κ1) is 16.5. The van der Waals surface area contributed by atoms with Crippen molar-refractivity contribution in [1.29, 1.82) is 0 Å². The van der Waals surface area contributed by atoms with Gasteiger partial charge in [0.25, 0.3) is 5.91 Å². The number of nitrogens with one attached hydrogen (secondary N) is 1. The van der Waals surface area contributed by atoms with Crippen LogP contribution >= 0.6 is 0 Å². The number of nitrogens with two attached hydrogens (primary N) is 1. The molecule has 3 heterocycles. The normalized spacial score (nSPS) is 18.0. The average molecular weight is 352 g/mol. The predicted octanol–water partition coefficient (Wildman–Crippen LogP) is 1.85. The third-order valence-electron chi connectivity index (χ3n) is 4.43. The molecule has 1 aliphatic heterocycles. The molecule has 1 aliphatic rings. The van der Waals surface area contributed by atoms with Gasteiger partial charge >= 0.3 is 0 Å². The number of amides is 1. The summed E-state index contributed by atoms with van der Waals surface area (Å²) in [5.74, 6) is 0.141. The lowest BCUT2D eigenvalue weighted by molar-refractivity contribution is 0.0563. The van der Waals surface area contributed by atoms with Crippen molar-refractivity contribution in [3.8, 4) is 11.3 Å². The Morgan fingerprint density at radius 1 is 1.38 bits per heavy atom. The summed E-state index contributed by atoms with van der Waals surface area (Å²) in [5, 5.41) is 0. The van der Waals surface area contributed by atoms with Gasteiger partial charge in [-0.2, -0.15) is 4.98 Å². The number of carbonyl (C=O) groups is 1. The second kappa shape index (κ2) is 6.72. The van der Waals surface area contributed by atoms with Crippen molar-refractivity contribution in [2.75, 3.05) is 25.4 Å². The minimum absolute atomic E-state index is 0.00733. The summed E-state index contributed by atoms with van der Waals surface area (Å²) >= 11 is 0. The average Bonchev–Trinajstić information content (AvgIpc) is 3.00. The monoisotopic (exact) mass is 352 g/mol. The number of nitrogen functional groups attached to an aromatic ring is 1. The molecule has 26 heavy (non-hydrogen) atoms. The molecule has 8 heteroatoms. The second-order valence-corrected chi connectivity index (χ2v) is 6.40. The van der Waals surface area contributed by atoms with Gasteiger partial charge in [-0.05, 0) is 25.5 Å². The molecule has 0 radical (unpaired) electrons. The fourth-order valence-corrected chi connectivity index (χ4v) is 3.22. The van der Waals surface area contributed by atoms with Crippen molar-refractivity contribution in [2.45, 2.75) is 19.4 Å². The van der Waals surface area contributed by atoms with Crippen molar-refractivity contribution in [3.63, 3.8) is 0 Å². The van der Waals surface area contributed by atoms with Crippen LogP contribution in [0, 0.1) is 0 Å². The summed E-state index contributed by atoms with van der Waals surface area (Å²) in [6.45, 7) is 3.95. The van der Waals surface area contributed by atoms with E-state index in [1.807, 2.05) is 36.1 Å². The number of imidazole rings is 1. The first-order valence-electron chi connectivity index (χ1n) is 8.60. The van der Waals surface area contributed by atoms with Gasteiger partial charge < -0.3 is 20.4 Å². The Bertz CT molecular complexity index is 954. The maximum atomic E-state index is 13.0. The van der Waals surface area contributed by atoms with E-state index in [0.717, 1.165) is 12.0 Å². The molecule has 8 nitrogen and oxygen atoms in total. The number of aromatic nitrogens is 4. The van der Waals surface area contributed by atoms with Crippen LogP contribution < -0.4 is 5.73 Å². The van der Waals surface area contributed by atoms with Gasteiger partial charge in [-0.3, -0.25) is 4.79 Å². The highest BCUT2D eigenvalue weighted by molar-refractivity contribution is 5.97. The van der Waals surface area contributed by atoms with E-state index in [0.29, 0.717) is 42.1 Å². The molecule has 1 fully saturated rings. The third-order valence-corrected chi connectivity index (χ3v) is 4.43. The lowest BCUT2D eigenvalue weighted by atomic mass is 10.1. The fraction of sp³-hybridized carbons (Fsp3) is 0.333. The van der Waals surface area contributed by atoms with E-state index in [2.05, 4.69) is 19.9 Å². The SMILES string of the molecule is C[C@H]1CN(C(=O)c2cccc(-c3nc(N)nc4nc[nH]c34)c2)CCCO1. The van der Waals surface area contributed by atoms with E-state index >= 15 is 0 Å². The number of benzene rings is 1. The number of carbonyl (C=O) groups excluding carboxylic acids is 1. The third kappa shape index (κ3) is 3.11. The molecular weight excluding hydrogens is 332 g/mol. The molecule has 1 aromatic carbocycles. The van der Waals surface area contributed by atoms with E-state index in [4.69, 9.17) is 10.5 Å².